The van der Waals surface area contributed by atoms with Crippen LogP contribution in [0.25, 0.3) is 0 Å². The minimum Gasteiger partial charge on any atom is -0.355 e. The molecular formula is C19H27FN4O4S. The van der Waals surface area contributed by atoms with Crippen molar-refractivity contribution in [3.63, 3.8) is 0 Å². The average molecular weight is 427 g/mol. The van der Waals surface area contributed by atoms with Gasteiger partial charge in [-0.3, -0.25) is 14.5 Å². The first-order valence-electron chi connectivity index (χ1n) is 9.47. The molecule has 1 aromatic rings. The molecular weight excluding hydrogens is 399 g/mol. The highest BCUT2D eigenvalue weighted by molar-refractivity contribution is 7.89. The molecule has 2 rings (SSSR count). The Morgan fingerprint density at radius 2 is 1.93 bits per heavy atom. The summed E-state index contributed by atoms with van der Waals surface area (Å²) in [5.74, 6) is -1.35. The van der Waals surface area contributed by atoms with Crippen molar-refractivity contribution >= 4 is 21.8 Å². The number of rotatable bonds is 9. The number of carbonyl (C=O) groups excluding carboxylic acids is 2. The van der Waals surface area contributed by atoms with Crippen molar-refractivity contribution in [1.29, 1.82) is 0 Å². The van der Waals surface area contributed by atoms with Gasteiger partial charge in [0.25, 0.3) is 5.91 Å². The zero-order valence-corrected chi connectivity index (χ0v) is 17.3. The SMILES string of the molecule is C=CCNS(=O)(=O)c1cc(C(=O)N2CCN(CC(=O)NCCC)CC2)ccc1F. The van der Waals surface area contributed by atoms with Crippen LogP contribution in [0.4, 0.5) is 4.39 Å². The second kappa shape index (κ2) is 10.5. The monoisotopic (exact) mass is 426 g/mol. The van der Waals surface area contributed by atoms with Crippen LogP contribution in [0.3, 0.4) is 0 Å². The van der Waals surface area contributed by atoms with Crippen molar-refractivity contribution in [3.05, 3.63) is 42.2 Å². The molecule has 1 saturated heterocycles. The van der Waals surface area contributed by atoms with Crippen LogP contribution in [-0.4, -0.2) is 75.8 Å². The summed E-state index contributed by atoms with van der Waals surface area (Å²) in [6.45, 7) is 8.10. The van der Waals surface area contributed by atoms with E-state index >= 15 is 0 Å². The highest BCUT2D eigenvalue weighted by Crippen LogP contribution is 2.18. The number of hydrogen-bond acceptors (Lipinski definition) is 5. The molecule has 1 aliphatic rings. The topological polar surface area (TPSA) is 98.8 Å². The van der Waals surface area contributed by atoms with Gasteiger partial charge in [0, 0.05) is 44.8 Å². The Hall–Kier alpha value is -2.30. The molecule has 1 aliphatic heterocycles. The van der Waals surface area contributed by atoms with Gasteiger partial charge in [-0.1, -0.05) is 13.0 Å². The second-order valence-electron chi connectivity index (χ2n) is 6.70. The van der Waals surface area contributed by atoms with Gasteiger partial charge in [-0.25, -0.2) is 17.5 Å². The molecule has 8 nitrogen and oxygen atoms in total. The second-order valence-corrected chi connectivity index (χ2v) is 8.44. The van der Waals surface area contributed by atoms with Gasteiger partial charge < -0.3 is 10.2 Å². The van der Waals surface area contributed by atoms with Gasteiger partial charge in [0.05, 0.1) is 6.54 Å². The largest absolute Gasteiger partial charge is 0.355 e. The van der Waals surface area contributed by atoms with E-state index in [4.69, 9.17) is 0 Å². The lowest BCUT2D eigenvalue weighted by molar-refractivity contribution is -0.122. The van der Waals surface area contributed by atoms with E-state index in [9.17, 15) is 22.4 Å². The average Bonchev–Trinajstić information content (AvgIpc) is 2.71. The lowest BCUT2D eigenvalue weighted by Crippen LogP contribution is -2.51. The molecule has 29 heavy (non-hydrogen) atoms. The number of nitrogens with zero attached hydrogens (tertiary/aromatic N) is 2. The van der Waals surface area contributed by atoms with Crippen molar-refractivity contribution in [2.75, 3.05) is 45.8 Å². The lowest BCUT2D eigenvalue weighted by atomic mass is 10.1. The smallest absolute Gasteiger partial charge is 0.253 e. The Kier molecular flexibility index (Phi) is 8.30. The summed E-state index contributed by atoms with van der Waals surface area (Å²) in [5, 5.41) is 2.81. The number of carbonyl (C=O) groups is 2. The first-order chi connectivity index (χ1) is 13.8. The summed E-state index contributed by atoms with van der Waals surface area (Å²) in [6.07, 6.45) is 2.21. The number of piperazine rings is 1. The molecule has 160 valence electrons. The number of hydrogen-bond donors (Lipinski definition) is 2. The fourth-order valence-electron chi connectivity index (χ4n) is 2.90. The zero-order valence-electron chi connectivity index (χ0n) is 16.5. The normalized spacial score (nSPS) is 15.2. The van der Waals surface area contributed by atoms with Gasteiger partial charge in [-0.15, -0.1) is 6.58 Å². The predicted octanol–water partition coefficient (Wildman–Crippen LogP) is 0.574. The third-order valence-corrected chi connectivity index (χ3v) is 5.92. The first kappa shape index (κ1) is 23.0. The molecule has 10 heteroatoms. The van der Waals surface area contributed by atoms with E-state index in [1.54, 1.807) is 4.90 Å². The van der Waals surface area contributed by atoms with Gasteiger partial charge in [-0.05, 0) is 24.6 Å². The minimum atomic E-state index is -4.09. The van der Waals surface area contributed by atoms with Crippen molar-refractivity contribution in [3.8, 4) is 0 Å². The Labute approximate surface area is 170 Å². The number of halogens is 1. The maximum atomic E-state index is 14.0. The summed E-state index contributed by atoms with van der Waals surface area (Å²) in [7, 11) is -4.09. The van der Waals surface area contributed by atoms with E-state index in [1.165, 1.54) is 12.1 Å². The van der Waals surface area contributed by atoms with Crippen LogP contribution in [0.5, 0.6) is 0 Å². The zero-order chi connectivity index (χ0) is 21.4. The van der Waals surface area contributed by atoms with E-state index < -0.39 is 20.7 Å². The van der Waals surface area contributed by atoms with Gasteiger partial charge in [0.15, 0.2) is 0 Å². The highest BCUT2D eigenvalue weighted by Gasteiger charge is 2.26. The third-order valence-electron chi connectivity index (χ3n) is 4.48. The van der Waals surface area contributed by atoms with E-state index in [-0.39, 0.29) is 30.5 Å². The van der Waals surface area contributed by atoms with E-state index in [1.807, 2.05) is 11.8 Å². The standard InChI is InChI=1S/C19H27FN4O4S/c1-3-7-21-18(25)14-23-9-11-24(12-10-23)19(26)15-5-6-16(20)17(13-15)29(27,28)22-8-4-2/h4-6,13,22H,2-3,7-12,14H2,1H3,(H,21,25). The molecule has 0 aromatic heterocycles. The van der Waals surface area contributed by atoms with Crippen molar-refractivity contribution in [1.82, 2.24) is 19.8 Å². The van der Waals surface area contributed by atoms with Gasteiger partial charge in [0.1, 0.15) is 10.7 Å². The summed E-state index contributed by atoms with van der Waals surface area (Å²) in [5.41, 5.74) is 0.0968. The maximum absolute atomic E-state index is 14.0. The Morgan fingerprint density at radius 1 is 1.24 bits per heavy atom. The molecule has 0 bridgehead atoms. The fraction of sp³-hybridized carbons (Fsp3) is 0.474. The van der Waals surface area contributed by atoms with Crippen LogP contribution in [-0.2, 0) is 14.8 Å². The lowest BCUT2D eigenvalue weighted by Gasteiger charge is -2.34. The molecule has 1 heterocycles. The van der Waals surface area contributed by atoms with Crippen LogP contribution < -0.4 is 10.0 Å². The first-order valence-corrected chi connectivity index (χ1v) is 10.9. The Morgan fingerprint density at radius 3 is 2.55 bits per heavy atom. The number of benzene rings is 1. The molecule has 0 spiro atoms. The quantitative estimate of drug-likeness (QED) is 0.563. The van der Waals surface area contributed by atoms with Gasteiger partial charge in [0.2, 0.25) is 15.9 Å². The van der Waals surface area contributed by atoms with Crippen LogP contribution >= 0.6 is 0 Å². The summed E-state index contributed by atoms with van der Waals surface area (Å²) >= 11 is 0. The number of nitrogens with one attached hydrogen (secondary N) is 2. The van der Waals surface area contributed by atoms with Crippen LogP contribution in [0, 0.1) is 5.82 Å². The minimum absolute atomic E-state index is 0.0479. The number of sulfonamides is 1. The third kappa shape index (κ3) is 6.34. The molecule has 0 radical (unpaired) electrons. The maximum Gasteiger partial charge on any atom is 0.253 e. The van der Waals surface area contributed by atoms with Crippen molar-refractivity contribution in [2.24, 2.45) is 0 Å². The summed E-state index contributed by atoms with van der Waals surface area (Å²) < 4.78 is 40.7. The Balaban J connectivity index is 2.02. The highest BCUT2D eigenvalue weighted by atomic mass is 32.2. The summed E-state index contributed by atoms with van der Waals surface area (Å²) in [4.78, 5) is 27.5. The van der Waals surface area contributed by atoms with Crippen LogP contribution in [0.2, 0.25) is 0 Å². The van der Waals surface area contributed by atoms with E-state index in [0.29, 0.717) is 32.7 Å². The summed E-state index contributed by atoms with van der Waals surface area (Å²) in [6, 6.07) is 3.30. The fourth-order valence-corrected chi connectivity index (χ4v) is 4.00. The Bertz CT molecular complexity index is 852. The van der Waals surface area contributed by atoms with Gasteiger partial charge in [-0.2, -0.15) is 0 Å². The van der Waals surface area contributed by atoms with Crippen molar-refractivity contribution in [2.45, 2.75) is 18.2 Å². The van der Waals surface area contributed by atoms with Crippen LogP contribution in [0.1, 0.15) is 23.7 Å². The molecule has 0 unspecified atom stereocenters. The molecule has 0 atom stereocenters. The molecule has 0 aliphatic carbocycles. The molecule has 1 aromatic carbocycles. The predicted molar refractivity (Wildman–Crippen MR) is 107 cm³/mol. The molecule has 1 fully saturated rings. The van der Waals surface area contributed by atoms with Gasteiger partial charge >= 0.3 is 0 Å². The number of amides is 2. The molecule has 2 amide bonds. The molecule has 0 saturated carbocycles. The van der Waals surface area contributed by atoms with Crippen LogP contribution in [0.15, 0.2) is 35.7 Å². The molecule has 2 N–H and O–H groups in total. The van der Waals surface area contributed by atoms with Crippen molar-refractivity contribution < 1.29 is 22.4 Å². The van der Waals surface area contributed by atoms with E-state index in [0.717, 1.165) is 18.6 Å². The van der Waals surface area contributed by atoms with E-state index in [2.05, 4.69) is 16.6 Å².